The summed E-state index contributed by atoms with van der Waals surface area (Å²) in [5.74, 6) is -0.0458. The van der Waals surface area contributed by atoms with Crippen LogP contribution in [0.1, 0.15) is 27.9 Å². The Labute approximate surface area is 147 Å². The number of halogens is 1. The van der Waals surface area contributed by atoms with Crippen molar-refractivity contribution >= 4 is 23.4 Å². The van der Waals surface area contributed by atoms with Gasteiger partial charge in [0.25, 0.3) is 5.91 Å². The van der Waals surface area contributed by atoms with Gasteiger partial charge in [-0.05, 0) is 41.8 Å². The first-order valence-electron chi connectivity index (χ1n) is 7.77. The number of rotatable bonds is 6. The minimum absolute atomic E-state index is 0.0107. The van der Waals surface area contributed by atoms with E-state index in [4.69, 9.17) is 11.6 Å². The molecule has 24 heavy (non-hydrogen) atoms. The number of nitrogens with zero attached hydrogens (tertiary/aromatic N) is 1. The van der Waals surface area contributed by atoms with E-state index < -0.39 is 0 Å². The van der Waals surface area contributed by atoms with Crippen LogP contribution >= 0.6 is 11.6 Å². The van der Waals surface area contributed by atoms with Gasteiger partial charge in [0.15, 0.2) is 0 Å². The quantitative estimate of drug-likeness (QED) is 0.874. The van der Waals surface area contributed by atoms with E-state index in [9.17, 15) is 9.59 Å². The van der Waals surface area contributed by atoms with Crippen LogP contribution in [0.15, 0.2) is 48.5 Å². The molecule has 0 unspecified atom stereocenters. The van der Waals surface area contributed by atoms with Crippen molar-refractivity contribution in [3.05, 3.63) is 70.2 Å². The largest absolute Gasteiger partial charge is 0.352 e. The molecule has 0 aliphatic rings. The predicted molar refractivity (Wildman–Crippen MR) is 96.1 cm³/mol. The molecule has 2 rings (SSSR count). The number of amides is 2. The molecule has 126 valence electrons. The molecular weight excluding hydrogens is 324 g/mol. The number of benzene rings is 2. The molecule has 5 heteroatoms. The lowest BCUT2D eigenvalue weighted by Crippen LogP contribution is -2.23. The van der Waals surface area contributed by atoms with Crippen LogP contribution in [0.2, 0.25) is 5.02 Å². The van der Waals surface area contributed by atoms with Gasteiger partial charge in [-0.25, -0.2) is 0 Å². The third-order valence-electron chi connectivity index (χ3n) is 3.63. The maximum absolute atomic E-state index is 11.9. The molecule has 0 aromatic heterocycles. The second-order valence-electron chi connectivity index (χ2n) is 5.80. The molecule has 0 spiro atoms. The highest BCUT2D eigenvalue weighted by molar-refractivity contribution is 6.30. The molecule has 0 aliphatic heterocycles. The average Bonchev–Trinajstić information content (AvgIpc) is 2.58. The number of carbonyl (C=O) groups excluding carboxylic acids is 2. The Balaban J connectivity index is 1.80. The van der Waals surface area contributed by atoms with Crippen LogP contribution in [-0.4, -0.2) is 30.8 Å². The lowest BCUT2D eigenvalue weighted by atomic mass is 10.1. The van der Waals surface area contributed by atoms with Gasteiger partial charge in [-0.2, -0.15) is 0 Å². The summed E-state index contributed by atoms with van der Waals surface area (Å²) >= 11 is 5.93. The first-order chi connectivity index (χ1) is 11.5. The highest BCUT2D eigenvalue weighted by atomic mass is 35.5. The fourth-order valence-electron chi connectivity index (χ4n) is 2.26. The van der Waals surface area contributed by atoms with Crippen LogP contribution in [0.5, 0.6) is 0 Å². The van der Waals surface area contributed by atoms with Crippen molar-refractivity contribution in [1.82, 2.24) is 10.2 Å². The number of hydrogen-bond acceptors (Lipinski definition) is 2. The molecule has 0 atom stereocenters. The van der Waals surface area contributed by atoms with Crippen molar-refractivity contribution in [1.29, 1.82) is 0 Å². The standard InChI is InChI=1S/C19H21ClN2O2/c1-22(2)19(24)16-9-6-15(7-10-16)13-21-18(23)11-8-14-4-3-5-17(20)12-14/h3-7,9-10,12H,8,11,13H2,1-2H3,(H,21,23). The Bertz CT molecular complexity index is 712. The van der Waals surface area contributed by atoms with Gasteiger partial charge in [0.2, 0.25) is 5.91 Å². The molecule has 0 radical (unpaired) electrons. The summed E-state index contributed by atoms with van der Waals surface area (Å²) < 4.78 is 0. The lowest BCUT2D eigenvalue weighted by Gasteiger charge is -2.11. The molecule has 1 N–H and O–H groups in total. The Kier molecular flexibility index (Phi) is 6.38. The summed E-state index contributed by atoms with van der Waals surface area (Å²) in [6.07, 6.45) is 1.07. The van der Waals surface area contributed by atoms with Crippen LogP contribution in [-0.2, 0) is 17.8 Å². The van der Waals surface area contributed by atoms with Gasteiger partial charge in [-0.3, -0.25) is 9.59 Å². The van der Waals surface area contributed by atoms with E-state index in [2.05, 4.69) is 5.32 Å². The van der Waals surface area contributed by atoms with Gasteiger partial charge < -0.3 is 10.2 Å². The van der Waals surface area contributed by atoms with Crippen LogP contribution in [0.4, 0.5) is 0 Å². The molecule has 0 fully saturated rings. The summed E-state index contributed by atoms with van der Waals surface area (Å²) in [6.45, 7) is 0.449. The van der Waals surface area contributed by atoms with E-state index in [0.717, 1.165) is 11.1 Å². The Morgan fingerprint density at radius 3 is 2.38 bits per heavy atom. The molecule has 0 heterocycles. The lowest BCUT2D eigenvalue weighted by molar-refractivity contribution is -0.121. The molecule has 0 saturated carbocycles. The summed E-state index contributed by atoms with van der Waals surface area (Å²) in [5.41, 5.74) is 2.64. The Morgan fingerprint density at radius 2 is 1.75 bits per heavy atom. The fourth-order valence-corrected chi connectivity index (χ4v) is 2.48. The van der Waals surface area contributed by atoms with E-state index in [1.165, 1.54) is 4.90 Å². The molecule has 0 aliphatic carbocycles. The molecule has 2 amide bonds. The fraction of sp³-hybridized carbons (Fsp3) is 0.263. The molecule has 2 aromatic carbocycles. The SMILES string of the molecule is CN(C)C(=O)c1ccc(CNC(=O)CCc2cccc(Cl)c2)cc1. The molecule has 0 bridgehead atoms. The Morgan fingerprint density at radius 1 is 1.04 bits per heavy atom. The van der Waals surface area contributed by atoms with Gasteiger partial charge in [0.05, 0.1) is 0 Å². The van der Waals surface area contributed by atoms with Crippen LogP contribution in [0.25, 0.3) is 0 Å². The van der Waals surface area contributed by atoms with Gasteiger partial charge in [0.1, 0.15) is 0 Å². The summed E-state index contributed by atoms with van der Waals surface area (Å²) in [7, 11) is 3.44. The van der Waals surface area contributed by atoms with Crippen molar-refractivity contribution in [2.75, 3.05) is 14.1 Å². The summed E-state index contributed by atoms with van der Waals surface area (Å²) in [4.78, 5) is 25.3. The number of hydrogen-bond donors (Lipinski definition) is 1. The predicted octanol–water partition coefficient (Wildman–Crippen LogP) is 3.29. The summed E-state index contributed by atoms with van der Waals surface area (Å²) in [5, 5.41) is 3.57. The zero-order valence-electron chi connectivity index (χ0n) is 13.9. The summed E-state index contributed by atoms with van der Waals surface area (Å²) in [6, 6.07) is 14.8. The number of aryl methyl sites for hydroxylation is 1. The van der Waals surface area contributed by atoms with E-state index in [1.807, 2.05) is 36.4 Å². The van der Waals surface area contributed by atoms with Gasteiger partial charge in [-0.15, -0.1) is 0 Å². The van der Waals surface area contributed by atoms with Crippen molar-refractivity contribution < 1.29 is 9.59 Å². The normalized spacial score (nSPS) is 10.3. The maximum atomic E-state index is 11.9. The van der Waals surface area contributed by atoms with Crippen molar-refractivity contribution in [2.45, 2.75) is 19.4 Å². The third kappa shape index (κ3) is 5.39. The van der Waals surface area contributed by atoms with Crippen LogP contribution < -0.4 is 5.32 Å². The highest BCUT2D eigenvalue weighted by Crippen LogP contribution is 2.12. The Hall–Kier alpha value is -2.33. The number of carbonyl (C=O) groups is 2. The maximum Gasteiger partial charge on any atom is 0.253 e. The van der Waals surface area contributed by atoms with Gasteiger partial charge in [0, 0.05) is 37.6 Å². The zero-order chi connectivity index (χ0) is 17.5. The van der Waals surface area contributed by atoms with Gasteiger partial charge >= 0.3 is 0 Å². The topological polar surface area (TPSA) is 49.4 Å². The smallest absolute Gasteiger partial charge is 0.253 e. The molecule has 4 nitrogen and oxygen atoms in total. The van der Waals surface area contributed by atoms with E-state index in [0.29, 0.717) is 30.0 Å². The minimum atomic E-state index is -0.0351. The third-order valence-corrected chi connectivity index (χ3v) is 3.86. The molecular formula is C19H21ClN2O2. The van der Waals surface area contributed by atoms with Crippen LogP contribution in [0.3, 0.4) is 0 Å². The average molecular weight is 345 g/mol. The van der Waals surface area contributed by atoms with Crippen molar-refractivity contribution in [2.24, 2.45) is 0 Å². The molecule has 2 aromatic rings. The van der Waals surface area contributed by atoms with E-state index in [-0.39, 0.29) is 11.8 Å². The van der Waals surface area contributed by atoms with Crippen LogP contribution in [0, 0.1) is 0 Å². The first-order valence-corrected chi connectivity index (χ1v) is 8.15. The second kappa shape index (κ2) is 8.50. The van der Waals surface area contributed by atoms with E-state index in [1.54, 1.807) is 26.2 Å². The van der Waals surface area contributed by atoms with Crippen molar-refractivity contribution in [3.63, 3.8) is 0 Å². The van der Waals surface area contributed by atoms with Gasteiger partial charge in [-0.1, -0.05) is 35.9 Å². The second-order valence-corrected chi connectivity index (χ2v) is 6.24. The monoisotopic (exact) mass is 344 g/mol. The highest BCUT2D eigenvalue weighted by Gasteiger charge is 2.08. The minimum Gasteiger partial charge on any atom is -0.352 e. The zero-order valence-corrected chi connectivity index (χ0v) is 14.6. The van der Waals surface area contributed by atoms with E-state index >= 15 is 0 Å². The number of nitrogens with one attached hydrogen (secondary N) is 1. The van der Waals surface area contributed by atoms with Crippen molar-refractivity contribution in [3.8, 4) is 0 Å². The molecule has 0 saturated heterocycles. The first kappa shape index (κ1) is 18.0.